The van der Waals surface area contributed by atoms with Crippen molar-refractivity contribution >= 4 is 0 Å². The molecule has 0 N–H and O–H groups in total. The van der Waals surface area contributed by atoms with Crippen LogP contribution in [-0.4, -0.2) is 6.10 Å². The fraction of sp³-hybridized carbons (Fsp3) is 0.657. The molecule has 2 atom stereocenters. The Morgan fingerprint density at radius 1 is 0.658 bits per heavy atom. The van der Waals surface area contributed by atoms with E-state index in [9.17, 15) is 4.39 Å². The summed E-state index contributed by atoms with van der Waals surface area (Å²) in [7, 11) is 0. The Balaban J connectivity index is 1.15. The molecule has 3 fully saturated rings. The van der Waals surface area contributed by atoms with Gasteiger partial charge in [0, 0.05) is 5.56 Å². The summed E-state index contributed by atoms with van der Waals surface area (Å²) >= 11 is 0. The van der Waals surface area contributed by atoms with Crippen molar-refractivity contribution in [3.8, 4) is 16.9 Å². The SMILES string of the molecule is CCCC1CCC(C2CCC(c3ccc(-c4ccc(OC5CCC(CCC)C5)c(F)c4F)cc3)CC2)CC1. The molecule has 0 spiro atoms. The average molecular weight is 523 g/mol. The lowest BCUT2D eigenvalue weighted by Gasteiger charge is -2.38. The number of hydrogen-bond acceptors (Lipinski definition) is 1. The number of halogens is 2. The standard InChI is InChI=1S/C35H48F2O/c1-3-5-24-7-10-26(11-8-24)27-12-14-28(15-13-27)29-16-18-30(19-17-29)32-21-22-33(35(37)34(32)36)38-31-20-9-25(23-31)6-4-2/h16-19,21-22,24-28,31H,3-15,20,23H2,1-2H3. The lowest BCUT2D eigenvalue weighted by Crippen LogP contribution is -2.25. The highest BCUT2D eigenvalue weighted by Gasteiger charge is 2.31. The molecule has 38 heavy (non-hydrogen) atoms. The molecular formula is C35H48F2O. The first-order valence-electron chi connectivity index (χ1n) is 15.8. The van der Waals surface area contributed by atoms with E-state index in [1.165, 1.54) is 76.2 Å². The van der Waals surface area contributed by atoms with Crippen molar-refractivity contribution in [1.82, 2.24) is 0 Å². The lowest BCUT2D eigenvalue weighted by molar-refractivity contribution is 0.156. The van der Waals surface area contributed by atoms with E-state index < -0.39 is 11.6 Å². The molecular weight excluding hydrogens is 474 g/mol. The molecule has 2 aromatic carbocycles. The Bertz CT molecular complexity index is 1010. The maximum Gasteiger partial charge on any atom is 0.201 e. The second-order valence-electron chi connectivity index (χ2n) is 12.8. The van der Waals surface area contributed by atoms with Crippen molar-refractivity contribution in [2.75, 3.05) is 0 Å². The average Bonchev–Trinajstić information content (AvgIpc) is 3.39. The minimum absolute atomic E-state index is 0.00300. The Hall–Kier alpha value is -1.90. The van der Waals surface area contributed by atoms with Gasteiger partial charge < -0.3 is 4.74 Å². The van der Waals surface area contributed by atoms with Crippen LogP contribution >= 0.6 is 0 Å². The Kier molecular flexibility index (Phi) is 9.44. The molecule has 0 heterocycles. The van der Waals surface area contributed by atoms with Crippen molar-refractivity contribution in [3.05, 3.63) is 53.6 Å². The van der Waals surface area contributed by atoms with Crippen LogP contribution in [0, 0.1) is 35.3 Å². The van der Waals surface area contributed by atoms with Crippen molar-refractivity contribution in [2.24, 2.45) is 23.7 Å². The van der Waals surface area contributed by atoms with Gasteiger partial charge in [-0.25, -0.2) is 4.39 Å². The minimum Gasteiger partial charge on any atom is -0.487 e. The molecule has 208 valence electrons. The van der Waals surface area contributed by atoms with Crippen LogP contribution in [0.4, 0.5) is 8.78 Å². The van der Waals surface area contributed by atoms with Crippen molar-refractivity contribution < 1.29 is 13.5 Å². The van der Waals surface area contributed by atoms with E-state index in [1.807, 2.05) is 12.1 Å². The largest absolute Gasteiger partial charge is 0.487 e. The van der Waals surface area contributed by atoms with Gasteiger partial charge in [0.2, 0.25) is 5.82 Å². The number of hydrogen-bond donors (Lipinski definition) is 0. The van der Waals surface area contributed by atoms with Crippen LogP contribution in [0.3, 0.4) is 0 Å². The highest BCUT2D eigenvalue weighted by atomic mass is 19.2. The van der Waals surface area contributed by atoms with E-state index in [-0.39, 0.29) is 11.9 Å². The van der Waals surface area contributed by atoms with Crippen LogP contribution in [0.15, 0.2) is 36.4 Å². The second kappa shape index (κ2) is 13.0. The van der Waals surface area contributed by atoms with Gasteiger partial charge in [0.1, 0.15) is 0 Å². The lowest BCUT2D eigenvalue weighted by atomic mass is 9.68. The zero-order valence-corrected chi connectivity index (χ0v) is 23.7. The van der Waals surface area contributed by atoms with E-state index >= 15 is 4.39 Å². The fourth-order valence-corrected chi connectivity index (χ4v) is 8.05. The van der Waals surface area contributed by atoms with Crippen LogP contribution in [0.25, 0.3) is 11.1 Å². The first-order chi connectivity index (χ1) is 18.6. The maximum atomic E-state index is 15.1. The third-order valence-corrected chi connectivity index (χ3v) is 10.3. The summed E-state index contributed by atoms with van der Waals surface area (Å²) in [5.74, 6) is 2.49. The molecule has 3 aliphatic rings. The zero-order chi connectivity index (χ0) is 26.5. The van der Waals surface area contributed by atoms with Gasteiger partial charge in [-0.3, -0.25) is 0 Å². The number of benzene rings is 2. The molecule has 3 heteroatoms. The predicted molar refractivity (Wildman–Crippen MR) is 154 cm³/mol. The second-order valence-corrected chi connectivity index (χ2v) is 12.8. The van der Waals surface area contributed by atoms with Gasteiger partial charge in [0.05, 0.1) is 6.10 Å². The topological polar surface area (TPSA) is 9.23 Å². The summed E-state index contributed by atoms with van der Waals surface area (Å²) in [6, 6.07) is 11.5. The van der Waals surface area contributed by atoms with Gasteiger partial charge in [0.25, 0.3) is 0 Å². The summed E-state index contributed by atoms with van der Waals surface area (Å²) < 4.78 is 36.0. The smallest absolute Gasteiger partial charge is 0.201 e. The highest BCUT2D eigenvalue weighted by Crippen LogP contribution is 2.45. The quantitative estimate of drug-likeness (QED) is 0.318. The number of ether oxygens (including phenoxy) is 1. The monoisotopic (exact) mass is 522 g/mol. The molecule has 2 aromatic rings. The normalized spacial score (nSPS) is 29.9. The van der Waals surface area contributed by atoms with Gasteiger partial charge in [0.15, 0.2) is 11.6 Å². The molecule has 0 saturated heterocycles. The third kappa shape index (κ3) is 6.45. The summed E-state index contributed by atoms with van der Waals surface area (Å²) in [5.41, 5.74) is 2.40. The van der Waals surface area contributed by atoms with E-state index in [0.29, 0.717) is 17.4 Å². The maximum absolute atomic E-state index is 15.1. The first-order valence-corrected chi connectivity index (χ1v) is 15.8. The summed E-state index contributed by atoms with van der Waals surface area (Å²) in [6.45, 7) is 4.51. The predicted octanol–water partition coefficient (Wildman–Crippen LogP) is 10.9. The Morgan fingerprint density at radius 3 is 1.92 bits per heavy atom. The third-order valence-electron chi connectivity index (χ3n) is 10.3. The minimum atomic E-state index is -0.854. The van der Waals surface area contributed by atoms with Gasteiger partial charge in [-0.05, 0) is 111 Å². The summed E-state index contributed by atoms with van der Waals surface area (Å²) in [6.07, 6.45) is 19.1. The molecule has 1 nitrogen and oxygen atoms in total. The molecule has 0 amide bonds. The van der Waals surface area contributed by atoms with Gasteiger partial charge in [-0.15, -0.1) is 0 Å². The molecule has 0 aliphatic heterocycles. The van der Waals surface area contributed by atoms with Crippen molar-refractivity contribution in [1.29, 1.82) is 0 Å². The van der Waals surface area contributed by atoms with Gasteiger partial charge in [-0.2, -0.15) is 4.39 Å². The van der Waals surface area contributed by atoms with Crippen LogP contribution in [-0.2, 0) is 0 Å². The van der Waals surface area contributed by atoms with Crippen LogP contribution in [0.1, 0.15) is 122 Å². The first kappa shape index (κ1) is 27.7. The molecule has 3 aliphatic carbocycles. The molecule has 5 rings (SSSR count). The van der Waals surface area contributed by atoms with Gasteiger partial charge in [-0.1, -0.05) is 76.6 Å². The summed E-state index contributed by atoms with van der Waals surface area (Å²) in [5, 5.41) is 0. The Labute approximate surface area is 229 Å². The zero-order valence-electron chi connectivity index (χ0n) is 23.7. The Morgan fingerprint density at radius 2 is 1.26 bits per heavy atom. The summed E-state index contributed by atoms with van der Waals surface area (Å²) in [4.78, 5) is 0. The molecule has 0 bridgehead atoms. The van der Waals surface area contributed by atoms with E-state index in [4.69, 9.17) is 4.74 Å². The van der Waals surface area contributed by atoms with Crippen LogP contribution < -0.4 is 4.74 Å². The molecule has 0 aromatic heterocycles. The van der Waals surface area contributed by atoms with Crippen LogP contribution in [0.2, 0.25) is 0 Å². The van der Waals surface area contributed by atoms with E-state index in [0.717, 1.165) is 49.0 Å². The van der Waals surface area contributed by atoms with Crippen molar-refractivity contribution in [2.45, 2.75) is 122 Å². The molecule has 0 radical (unpaired) electrons. The van der Waals surface area contributed by atoms with Gasteiger partial charge >= 0.3 is 0 Å². The molecule has 3 saturated carbocycles. The number of rotatable bonds is 9. The van der Waals surface area contributed by atoms with E-state index in [2.05, 4.69) is 26.0 Å². The van der Waals surface area contributed by atoms with Crippen LogP contribution in [0.5, 0.6) is 5.75 Å². The van der Waals surface area contributed by atoms with E-state index in [1.54, 1.807) is 12.1 Å². The van der Waals surface area contributed by atoms with Crippen molar-refractivity contribution in [3.63, 3.8) is 0 Å². The highest BCUT2D eigenvalue weighted by molar-refractivity contribution is 5.65. The molecule has 2 unspecified atom stereocenters. The fourth-order valence-electron chi connectivity index (χ4n) is 8.05.